The fourth-order valence-corrected chi connectivity index (χ4v) is 4.19. The summed E-state index contributed by atoms with van der Waals surface area (Å²) in [6.45, 7) is 3.53. The SMILES string of the molecule is CCCN(CC(=O)Nc1ncc(C)s1)S(=O)(=O)c1ccc(F)cc1. The van der Waals surface area contributed by atoms with Crippen LogP contribution in [0.2, 0.25) is 0 Å². The first-order valence-electron chi connectivity index (χ1n) is 7.31. The Morgan fingerprint density at radius 1 is 1.33 bits per heavy atom. The number of halogens is 1. The molecule has 1 heterocycles. The topological polar surface area (TPSA) is 79.4 Å². The summed E-state index contributed by atoms with van der Waals surface area (Å²) in [7, 11) is -3.87. The van der Waals surface area contributed by atoms with Gasteiger partial charge >= 0.3 is 0 Å². The Labute approximate surface area is 144 Å². The van der Waals surface area contributed by atoms with Gasteiger partial charge in [-0.2, -0.15) is 4.31 Å². The number of sulfonamides is 1. The lowest BCUT2D eigenvalue weighted by molar-refractivity contribution is -0.116. The predicted octanol–water partition coefficient (Wildman–Crippen LogP) is 2.63. The highest BCUT2D eigenvalue weighted by atomic mass is 32.2. The number of aryl methyl sites for hydroxylation is 1. The molecule has 0 fully saturated rings. The number of hydrogen-bond donors (Lipinski definition) is 1. The quantitative estimate of drug-likeness (QED) is 0.811. The summed E-state index contributed by atoms with van der Waals surface area (Å²) in [6.07, 6.45) is 2.17. The van der Waals surface area contributed by atoms with Gasteiger partial charge in [0, 0.05) is 17.6 Å². The lowest BCUT2D eigenvalue weighted by Crippen LogP contribution is -2.38. The van der Waals surface area contributed by atoms with Crippen molar-refractivity contribution in [2.75, 3.05) is 18.4 Å². The van der Waals surface area contributed by atoms with Gasteiger partial charge in [-0.15, -0.1) is 11.3 Å². The normalized spacial score (nSPS) is 11.7. The lowest BCUT2D eigenvalue weighted by Gasteiger charge is -2.20. The molecule has 1 amide bonds. The number of aromatic nitrogens is 1. The van der Waals surface area contributed by atoms with Gasteiger partial charge in [0.25, 0.3) is 0 Å². The van der Waals surface area contributed by atoms with E-state index < -0.39 is 21.7 Å². The second-order valence-corrected chi connectivity index (χ2v) is 8.29. The van der Waals surface area contributed by atoms with Crippen LogP contribution in [0, 0.1) is 12.7 Å². The maximum atomic E-state index is 13.0. The van der Waals surface area contributed by atoms with Crippen LogP contribution in [0.3, 0.4) is 0 Å². The molecule has 0 aliphatic rings. The molecule has 0 radical (unpaired) electrons. The van der Waals surface area contributed by atoms with Gasteiger partial charge in [0.2, 0.25) is 15.9 Å². The van der Waals surface area contributed by atoms with Crippen LogP contribution in [-0.2, 0) is 14.8 Å². The average molecular weight is 371 g/mol. The number of carbonyl (C=O) groups is 1. The molecule has 2 rings (SSSR count). The minimum Gasteiger partial charge on any atom is -0.301 e. The Hall–Kier alpha value is -1.84. The van der Waals surface area contributed by atoms with E-state index in [-0.39, 0.29) is 18.0 Å². The lowest BCUT2D eigenvalue weighted by atomic mass is 10.4. The first-order chi connectivity index (χ1) is 11.3. The van der Waals surface area contributed by atoms with Gasteiger partial charge in [0.15, 0.2) is 5.13 Å². The van der Waals surface area contributed by atoms with Crippen molar-refractivity contribution in [2.45, 2.75) is 25.2 Å². The first-order valence-corrected chi connectivity index (χ1v) is 9.56. The van der Waals surface area contributed by atoms with Crippen LogP contribution in [0.4, 0.5) is 9.52 Å². The molecule has 9 heteroatoms. The Morgan fingerprint density at radius 2 is 2.00 bits per heavy atom. The van der Waals surface area contributed by atoms with Crippen molar-refractivity contribution in [3.63, 3.8) is 0 Å². The van der Waals surface area contributed by atoms with E-state index in [1.165, 1.54) is 23.5 Å². The van der Waals surface area contributed by atoms with E-state index in [2.05, 4.69) is 10.3 Å². The molecule has 0 bridgehead atoms. The maximum Gasteiger partial charge on any atom is 0.243 e. The number of nitrogens with zero attached hydrogens (tertiary/aromatic N) is 2. The monoisotopic (exact) mass is 371 g/mol. The van der Waals surface area contributed by atoms with Crippen molar-refractivity contribution in [3.05, 3.63) is 41.2 Å². The number of thiazole rings is 1. The number of benzene rings is 1. The van der Waals surface area contributed by atoms with Crippen molar-refractivity contribution >= 4 is 32.4 Å². The second kappa shape index (κ2) is 7.82. The number of amides is 1. The standard InChI is InChI=1S/C15H18FN3O3S2/c1-3-8-19(10-14(20)18-15-17-9-11(2)23-15)24(21,22)13-6-4-12(16)5-7-13/h4-7,9H,3,8,10H2,1-2H3,(H,17,18,20). The molecule has 1 N–H and O–H groups in total. The van der Waals surface area contributed by atoms with Crippen LogP contribution in [0.5, 0.6) is 0 Å². The van der Waals surface area contributed by atoms with Gasteiger partial charge in [-0.3, -0.25) is 4.79 Å². The molecule has 0 saturated carbocycles. The van der Waals surface area contributed by atoms with Gasteiger partial charge in [0.05, 0.1) is 11.4 Å². The third-order valence-electron chi connectivity index (χ3n) is 3.11. The Kier molecular flexibility index (Phi) is 6.03. The summed E-state index contributed by atoms with van der Waals surface area (Å²) >= 11 is 1.31. The predicted molar refractivity (Wildman–Crippen MR) is 90.9 cm³/mol. The first kappa shape index (κ1) is 18.5. The summed E-state index contributed by atoms with van der Waals surface area (Å²) in [4.78, 5) is 17.0. The van der Waals surface area contributed by atoms with E-state index in [0.717, 1.165) is 21.3 Å². The molecule has 0 unspecified atom stereocenters. The highest BCUT2D eigenvalue weighted by Gasteiger charge is 2.26. The Bertz CT molecular complexity index is 804. The van der Waals surface area contributed by atoms with Crippen molar-refractivity contribution in [3.8, 4) is 0 Å². The van der Waals surface area contributed by atoms with Crippen LogP contribution in [0.1, 0.15) is 18.2 Å². The van der Waals surface area contributed by atoms with Crippen molar-refractivity contribution in [2.24, 2.45) is 0 Å². The van der Waals surface area contributed by atoms with E-state index in [1.807, 2.05) is 13.8 Å². The van der Waals surface area contributed by atoms with Crippen molar-refractivity contribution in [1.82, 2.24) is 9.29 Å². The van der Waals surface area contributed by atoms with Crippen LogP contribution >= 0.6 is 11.3 Å². The van der Waals surface area contributed by atoms with Gasteiger partial charge < -0.3 is 5.32 Å². The Balaban J connectivity index is 2.15. The van der Waals surface area contributed by atoms with Crippen LogP contribution in [0.25, 0.3) is 0 Å². The molecule has 0 atom stereocenters. The largest absolute Gasteiger partial charge is 0.301 e. The number of nitrogens with one attached hydrogen (secondary N) is 1. The van der Waals surface area contributed by atoms with E-state index in [1.54, 1.807) is 6.20 Å². The molecular weight excluding hydrogens is 353 g/mol. The fourth-order valence-electron chi connectivity index (χ4n) is 2.02. The number of hydrogen-bond acceptors (Lipinski definition) is 5. The molecule has 2 aromatic rings. The molecule has 0 spiro atoms. The molecule has 0 aliphatic heterocycles. The van der Waals surface area contributed by atoms with Crippen LogP contribution in [0.15, 0.2) is 35.4 Å². The molecular formula is C15H18FN3O3S2. The molecule has 0 saturated heterocycles. The zero-order valence-electron chi connectivity index (χ0n) is 13.3. The molecule has 6 nitrogen and oxygen atoms in total. The third kappa shape index (κ3) is 4.59. The van der Waals surface area contributed by atoms with Crippen molar-refractivity contribution in [1.29, 1.82) is 0 Å². The summed E-state index contributed by atoms with van der Waals surface area (Å²) in [5.74, 6) is -0.989. The molecule has 24 heavy (non-hydrogen) atoms. The smallest absolute Gasteiger partial charge is 0.243 e. The minimum atomic E-state index is -3.87. The van der Waals surface area contributed by atoms with Gasteiger partial charge in [-0.25, -0.2) is 17.8 Å². The van der Waals surface area contributed by atoms with Crippen LogP contribution in [-0.4, -0.2) is 36.7 Å². The minimum absolute atomic E-state index is 0.0461. The second-order valence-electron chi connectivity index (χ2n) is 5.12. The van der Waals surface area contributed by atoms with Crippen LogP contribution < -0.4 is 5.32 Å². The summed E-state index contributed by atoms with van der Waals surface area (Å²) in [6, 6.07) is 4.54. The average Bonchev–Trinajstić information content (AvgIpc) is 2.92. The number of rotatable bonds is 7. The maximum absolute atomic E-state index is 13.0. The molecule has 0 aliphatic carbocycles. The zero-order chi connectivity index (χ0) is 17.7. The number of anilines is 1. The highest BCUT2D eigenvalue weighted by Crippen LogP contribution is 2.18. The zero-order valence-corrected chi connectivity index (χ0v) is 15.0. The van der Waals surface area contributed by atoms with Gasteiger partial charge in [0.1, 0.15) is 5.82 Å². The number of carbonyl (C=O) groups excluding carboxylic acids is 1. The van der Waals surface area contributed by atoms with E-state index in [4.69, 9.17) is 0 Å². The van der Waals surface area contributed by atoms with Gasteiger partial charge in [-0.1, -0.05) is 6.92 Å². The molecule has 1 aromatic carbocycles. The molecule has 1 aromatic heterocycles. The fraction of sp³-hybridized carbons (Fsp3) is 0.333. The van der Waals surface area contributed by atoms with E-state index in [9.17, 15) is 17.6 Å². The third-order valence-corrected chi connectivity index (χ3v) is 5.80. The van der Waals surface area contributed by atoms with E-state index >= 15 is 0 Å². The summed E-state index contributed by atoms with van der Waals surface area (Å²) in [5, 5.41) is 3.01. The molecule has 130 valence electrons. The summed E-state index contributed by atoms with van der Waals surface area (Å²) in [5.41, 5.74) is 0. The van der Waals surface area contributed by atoms with E-state index in [0.29, 0.717) is 11.6 Å². The summed E-state index contributed by atoms with van der Waals surface area (Å²) < 4.78 is 39.4. The highest BCUT2D eigenvalue weighted by molar-refractivity contribution is 7.89. The van der Waals surface area contributed by atoms with Gasteiger partial charge in [-0.05, 0) is 37.6 Å². The Morgan fingerprint density at radius 3 is 2.54 bits per heavy atom. The van der Waals surface area contributed by atoms with Crippen molar-refractivity contribution < 1.29 is 17.6 Å².